The van der Waals surface area contributed by atoms with Gasteiger partial charge in [-0.15, -0.1) is 0 Å². The molecule has 0 unspecified atom stereocenters. The summed E-state index contributed by atoms with van der Waals surface area (Å²) in [6, 6.07) is 5.28. The summed E-state index contributed by atoms with van der Waals surface area (Å²) in [5.74, 6) is 1.28. The van der Waals surface area contributed by atoms with Crippen molar-refractivity contribution in [3.63, 3.8) is 0 Å². The van der Waals surface area contributed by atoms with Gasteiger partial charge in [-0.1, -0.05) is 15.9 Å². The van der Waals surface area contributed by atoms with Crippen molar-refractivity contribution in [2.45, 2.75) is 0 Å². The Balaban J connectivity index is 2.76. The van der Waals surface area contributed by atoms with Gasteiger partial charge in [-0.2, -0.15) is 0 Å². The van der Waals surface area contributed by atoms with Crippen LogP contribution in [0.3, 0.4) is 0 Å². The van der Waals surface area contributed by atoms with Crippen LogP contribution in [0, 0.1) is 0 Å². The fraction of sp³-hybridized carbons (Fsp3) is 0.333. The highest BCUT2D eigenvalue weighted by molar-refractivity contribution is 9.10. The summed E-state index contributed by atoms with van der Waals surface area (Å²) in [6.45, 7) is -0.422. The molecule has 1 aromatic rings. The molecule has 0 N–H and O–H groups in total. The van der Waals surface area contributed by atoms with Gasteiger partial charge in [0.1, 0.15) is 24.8 Å². The summed E-state index contributed by atoms with van der Waals surface area (Å²) in [6.07, 6.45) is 0. The number of alkyl halides is 1. The van der Waals surface area contributed by atoms with E-state index in [0.29, 0.717) is 11.5 Å². The summed E-state index contributed by atoms with van der Waals surface area (Å²) in [4.78, 5) is 0. The molecule has 0 saturated heterocycles. The molecular formula is C9H10BrFO2. The Labute approximate surface area is 84.8 Å². The molecule has 4 heteroatoms. The van der Waals surface area contributed by atoms with Crippen molar-refractivity contribution in [2.75, 3.05) is 20.4 Å². The van der Waals surface area contributed by atoms with Gasteiger partial charge in [0.2, 0.25) is 0 Å². The van der Waals surface area contributed by atoms with Crippen LogP contribution in [0.5, 0.6) is 11.5 Å². The summed E-state index contributed by atoms with van der Waals surface area (Å²) >= 11 is 3.29. The van der Waals surface area contributed by atoms with Gasteiger partial charge in [-0.25, -0.2) is 4.39 Å². The molecule has 0 atom stereocenters. The standard InChI is InChI=1S/C9H10BrFO2/c1-12-8-4-7(10)5-9(6-8)13-3-2-11/h4-6H,2-3H2,1H3. The normalized spacial score (nSPS) is 9.77. The highest BCUT2D eigenvalue weighted by Crippen LogP contribution is 2.25. The number of hydrogen-bond acceptors (Lipinski definition) is 2. The van der Waals surface area contributed by atoms with E-state index in [2.05, 4.69) is 15.9 Å². The maximum atomic E-state index is 11.8. The fourth-order valence-electron chi connectivity index (χ4n) is 0.895. The van der Waals surface area contributed by atoms with E-state index >= 15 is 0 Å². The predicted octanol–water partition coefficient (Wildman–Crippen LogP) is 2.81. The van der Waals surface area contributed by atoms with Crippen molar-refractivity contribution in [1.29, 1.82) is 0 Å². The van der Waals surface area contributed by atoms with E-state index in [1.54, 1.807) is 19.2 Å². The van der Waals surface area contributed by atoms with Crippen LogP contribution in [0.2, 0.25) is 0 Å². The van der Waals surface area contributed by atoms with Crippen molar-refractivity contribution in [2.24, 2.45) is 0 Å². The monoisotopic (exact) mass is 248 g/mol. The van der Waals surface area contributed by atoms with Gasteiger partial charge in [0.25, 0.3) is 0 Å². The Bertz CT molecular complexity index is 278. The number of methoxy groups -OCH3 is 1. The van der Waals surface area contributed by atoms with Gasteiger partial charge in [-0.05, 0) is 12.1 Å². The average molecular weight is 249 g/mol. The minimum absolute atomic E-state index is 0.0691. The highest BCUT2D eigenvalue weighted by Gasteiger charge is 1.99. The largest absolute Gasteiger partial charge is 0.497 e. The lowest BCUT2D eigenvalue weighted by atomic mass is 10.3. The van der Waals surface area contributed by atoms with Gasteiger partial charge < -0.3 is 9.47 Å². The second-order valence-corrected chi connectivity index (χ2v) is 3.28. The minimum Gasteiger partial charge on any atom is -0.497 e. The molecule has 1 aromatic carbocycles. The molecule has 72 valence electrons. The zero-order chi connectivity index (χ0) is 9.68. The minimum atomic E-state index is -0.491. The topological polar surface area (TPSA) is 18.5 Å². The maximum absolute atomic E-state index is 11.8. The van der Waals surface area contributed by atoms with Crippen molar-refractivity contribution in [3.05, 3.63) is 22.7 Å². The van der Waals surface area contributed by atoms with Crippen molar-refractivity contribution >= 4 is 15.9 Å². The zero-order valence-corrected chi connectivity index (χ0v) is 8.80. The van der Waals surface area contributed by atoms with Crippen LogP contribution in [0.25, 0.3) is 0 Å². The maximum Gasteiger partial charge on any atom is 0.124 e. The van der Waals surface area contributed by atoms with Crippen molar-refractivity contribution in [1.82, 2.24) is 0 Å². The molecular weight excluding hydrogens is 239 g/mol. The lowest BCUT2D eigenvalue weighted by molar-refractivity contribution is 0.272. The van der Waals surface area contributed by atoms with E-state index in [1.165, 1.54) is 0 Å². The van der Waals surface area contributed by atoms with Crippen LogP contribution in [0.4, 0.5) is 4.39 Å². The third-order valence-electron chi connectivity index (χ3n) is 1.43. The van der Waals surface area contributed by atoms with E-state index < -0.39 is 6.67 Å². The number of hydrogen-bond donors (Lipinski definition) is 0. The SMILES string of the molecule is COc1cc(Br)cc(OCCF)c1. The molecule has 2 nitrogen and oxygen atoms in total. The van der Waals surface area contributed by atoms with E-state index in [0.717, 1.165) is 4.47 Å². The molecule has 0 spiro atoms. The molecule has 0 aromatic heterocycles. The Kier molecular flexibility index (Phi) is 4.02. The van der Waals surface area contributed by atoms with Crippen LogP contribution in [0.15, 0.2) is 22.7 Å². The lowest BCUT2D eigenvalue weighted by Crippen LogP contribution is -1.98. The molecule has 0 saturated carbocycles. The first kappa shape index (κ1) is 10.3. The van der Waals surface area contributed by atoms with E-state index in [-0.39, 0.29) is 6.61 Å². The Morgan fingerprint density at radius 1 is 1.31 bits per heavy atom. The third-order valence-corrected chi connectivity index (χ3v) is 1.88. The van der Waals surface area contributed by atoms with Gasteiger partial charge in [0.15, 0.2) is 0 Å². The van der Waals surface area contributed by atoms with Gasteiger partial charge in [0.05, 0.1) is 7.11 Å². The molecule has 0 aliphatic heterocycles. The Morgan fingerprint density at radius 3 is 2.62 bits per heavy atom. The van der Waals surface area contributed by atoms with Crippen LogP contribution in [-0.2, 0) is 0 Å². The first-order valence-electron chi connectivity index (χ1n) is 3.79. The summed E-state index contributed by atoms with van der Waals surface area (Å²) < 4.78 is 22.7. The summed E-state index contributed by atoms with van der Waals surface area (Å²) in [5.41, 5.74) is 0. The van der Waals surface area contributed by atoms with E-state index in [9.17, 15) is 4.39 Å². The molecule has 0 fully saturated rings. The van der Waals surface area contributed by atoms with E-state index in [4.69, 9.17) is 9.47 Å². The van der Waals surface area contributed by atoms with Crippen LogP contribution >= 0.6 is 15.9 Å². The number of benzene rings is 1. The van der Waals surface area contributed by atoms with E-state index in [1.807, 2.05) is 6.07 Å². The summed E-state index contributed by atoms with van der Waals surface area (Å²) in [5, 5.41) is 0. The smallest absolute Gasteiger partial charge is 0.124 e. The van der Waals surface area contributed by atoms with Crippen molar-refractivity contribution < 1.29 is 13.9 Å². The highest BCUT2D eigenvalue weighted by atomic mass is 79.9. The molecule has 13 heavy (non-hydrogen) atoms. The molecule has 0 amide bonds. The zero-order valence-electron chi connectivity index (χ0n) is 7.22. The summed E-state index contributed by atoms with van der Waals surface area (Å²) in [7, 11) is 1.57. The van der Waals surface area contributed by atoms with Gasteiger partial charge in [0, 0.05) is 10.5 Å². The first-order valence-corrected chi connectivity index (χ1v) is 4.59. The molecule has 0 heterocycles. The van der Waals surface area contributed by atoms with Crippen LogP contribution < -0.4 is 9.47 Å². The lowest BCUT2D eigenvalue weighted by Gasteiger charge is -2.06. The molecule has 0 aliphatic carbocycles. The van der Waals surface area contributed by atoms with Crippen molar-refractivity contribution in [3.8, 4) is 11.5 Å². The average Bonchev–Trinajstić information content (AvgIpc) is 2.14. The molecule has 0 radical (unpaired) electrons. The van der Waals surface area contributed by atoms with Gasteiger partial charge >= 0.3 is 0 Å². The third kappa shape index (κ3) is 3.22. The fourth-order valence-corrected chi connectivity index (χ4v) is 1.35. The molecule has 0 aliphatic rings. The number of rotatable bonds is 4. The Morgan fingerprint density at radius 2 is 2.00 bits per heavy atom. The predicted molar refractivity (Wildman–Crippen MR) is 52.2 cm³/mol. The van der Waals surface area contributed by atoms with Crippen LogP contribution in [0.1, 0.15) is 0 Å². The Hall–Kier alpha value is -0.770. The second-order valence-electron chi connectivity index (χ2n) is 2.36. The molecule has 0 bridgehead atoms. The molecule has 1 rings (SSSR count). The number of ether oxygens (including phenoxy) is 2. The van der Waals surface area contributed by atoms with Crippen LogP contribution in [-0.4, -0.2) is 20.4 Å². The first-order chi connectivity index (χ1) is 6.26. The quantitative estimate of drug-likeness (QED) is 0.816. The van der Waals surface area contributed by atoms with Gasteiger partial charge in [-0.3, -0.25) is 0 Å². The second kappa shape index (κ2) is 5.07. The number of halogens is 2.